The normalized spacial score (nSPS) is 25.7. The quantitative estimate of drug-likeness (QED) is 0.120. The summed E-state index contributed by atoms with van der Waals surface area (Å²) in [6.45, 7) is 7.29. The van der Waals surface area contributed by atoms with E-state index < -0.39 is 43.3 Å². The summed E-state index contributed by atoms with van der Waals surface area (Å²) in [6.07, 6.45) is -15.8. The molecule has 0 unspecified atom stereocenters. The molecule has 2 aromatic carbocycles. The summed E-state index contributed by atoms with van der Waals surface area (Å²) in [7, 11) is 3.54. The number of hydrogen-bond donors (Lipinski definition) is 0. The molecule has 6 nitrogen and oxygen atoms in total. The first-order chi connectivity index (χ1) is 28.4. The van der Waals surface area contributed by atoms with Crippen molar-refractivity contribution in [1.29, 1.82) is 0 Å². The number of carbonyl (C=O) groups is 1. The molecule has 1 saturated heterocycles. The predicted octanol–water partition coefficient (Wildman–Crippen LogP) is 12.8. The molecule has 0 spiro atoms. The molecule has 6 rings (SSSR count). The number of hydrogen-bond acceptors (Lipinski definition) is 7. The van der Waals surface area contributed by atoms with Gasteiger partial charge in [0.25, 0.3) is 0 Å². The molecule has 2 saturated carbocycles. The zero-order valence-corrected chi connectivity index (χ0v) is 35.5. The molecule has 3 aliphatic carbocycles. The fraction of sp³-hybridized carbons (Fsp3) is 0.690. The summed E-state index contributed by atoms with van der Waals surface area (Å²) in [6, 6.07) is 15.2. The van der Waals surface area contributed by atoms with E-state index in [2.05, 4.69) is 23.8 Å². The van der Waals surface area contributed by atoms with E-state index in [9.17, 15) is 44.3 Å². The Bertz CT molecular complexity index is 1600. The third-order valence-corrected chi connectivity index (χ3v) is 14.3. The number of fused-ring (bicyclic) bond motifs is 5. The molecule has 6 atom stereocenters. The van der Waals surface area contributed by atoms with Crippen LogP contribution in [-0.2, 0) is 15.9 Å². The highest BCUT2D eigenvalue weighted by molar-refractivity contribution is 8.76. The van der Waals surface area contributed by atoms with Gasteiger partial charge in [-0.3, -0.25) is 0 Å². The number of halogens is 9. The molecule has 4 aliphatic rings. The van der Waals surface area contributed by atoms with E-state index in [1.54, 1.807) is 45.5 Å². The van der Waals surface area contributed by atoms with E-state index in [1.807, 2.05) is 38.1 Å². The van der Waals surface area contributed by atoms with Crippen LogP contribution in [0.3, 0.4) is 0 Å². The minimum atomic E-state index is -6.75. The Morgan fingerprint density at radius 1 is 0.847 bits per heavy atom. The van der Waals surface area contributed by atoms with E-state index in [0.29, 0.717) is 44.1 Å². The Morgan fingerprint density at radius 2 is 1.53 bits per heavy atom. The highest BCUT2D eigenvalue weighted by atomic mass is 33.1. The van der Waals surface area contributed by atoms with E-state index in [1.165, 1.54) is 11.1 Å². The number of nitrogens with zero attached hydrogens (tertiary/aromatic N) is 1. The second-order valence-electron chi connectivity index (χ2n) is 14.9. The number of carbonyl (C=O) groups excluding carboxylic acids is 1. The third-order valence-electron chi connectivity index (χ3n) is 11.8. The minimum absolute atomic E-state index is 0.0400. The Hall–Kier alpha value is -2.50. The van der Waals surface area contributed by atoms with Crippen LogP contribution in [0, 0.1) is 17.3 Å². The molecule has 17 heteroatoms. The number of alkyl halides is 9. The van der Waals surface area contributed by atoms with Gasteiger partial charge in [0.05, 0.1) is 19.3 Å². The Morgan fingerprint density at radius 3 is 2.15 bits per heavy atom. The van der Waals surface area contributed by atoms with Gasteiger partial charge in [-0.15, -0.1) is 0 Å². The van der Waals surface area contributed by atoms with Crippen molar-refractivity contribution in [2.75, 3.05) is 37.9 Å². The predicted molar refractivity (Wildman–Crippen MR) is 213 cm³/mol. The van der Waals surface area contributed by atoms with Gasteiger partial charge in [-0.25, -0.2) is 4.79 Å². The van der Waals surface area contributed by atoms with Crippen LogP contribution < -0.4 is 9.47 Å². The van der Waals surface area contributed by atoms with Crippen molar-refractivity contribution in [3.05, 3.63) is 59.7 Å². The molecular weight excluding hydrogens is 834 g/mol. The summed E-state index contributed by atoms with van der Waals surface area (Å²) in [5.74, 6) is 3.86. The van der Waals surface area contributed by atoms with Crippen LogP contribution in [0.1, 0.15) is 98.0 Å². The highest BCUT2D eigenvalue weighted by Crippen LogP contribution is 2.62. The molecule has 0 bridgehead atoms. The van der Waals surface area contributed by atoms with Crippen LogP contribution in [0.25, 0.3) is 0 Å². The molecule has 334 valence electrons. The zero-order valence-electron chi connectivity index (χ0n) is 34.8. The lowest BCUT2D eigenvalue weighted by Crippen LogP contribution is -2.67. The maximum atomic E-state index is 13.2. The van der Waals surface area contributed by atoms with E-state index >= 15 is 0 Å². The molecule has 0 aromatic heterocycles. The van der Waals surface area contributed by atoms with E-state index in [-0.39, 0.29) is 30.1 Å². The molecule has 0 radical (unpaired) electrons. The lowest BCUT2D eigenvalue weighted by molar-refractivity contribution is -0.457. The summed E-state index contributed by atoms with van der Waals surface area (Å²) < 4.78 is 147. The minimum Gasteiger partial charge on any atom is -0.492 e. The lowest BCUT2D eigenvalue weighted by Gasteiger charge is -2.50. The van der Waals surface area contributed by atoms with Gasteiger partial charge in [0.1, 0.15) is 18.1 Å². The smallest absolute Gasteiger partial charge is 0.435 e. The Balaban J connectivity index is 0.00000152. The van der Waals surface area contributed by atoms with Gasteiger partial charge < -0.3 is 23.8 Å². The van der Waals surface area contributed by atoms with Crippen molar-refractivity contribution in [1.82, 2.24) is 4.90 Å². The van der Waals surface area contributed by atoms with Gasteiger partial charge >= 0.3 is 30.2 Å². The molecule has 1 amide bonds. The summed E-state index contributed by atoms with van der Waals surface area (Å²) in [4.78, 5) is 15.0. The summed E-state index contributed by atoms with van der Waals surface area (Å²) >= 11 is 0. The Kier molecular flexibility index (Phi) is 17.0. The average Bonchev–Trinajstić information content (AvgIpc) is 3.53. The monoisotopic (exact) mass is 890 g/mol. The fourth-order valence-corrected chi connectivity index (χ4v) is 11.6. The first kappa shape index (κ1) is 47.5. The number of ether oxygens (including phenoxy) is 4. The molecule has 2 aromatic rings. The third kappa shape index (κ3) is 10.9. The topological polar surface area (TPSA) is 57.2 Å². The van der Waals surface area contributed by atoms with Crippen molar-refractivity contribution < 1.29 is 64.6 Å². The van der Waals surface area contributed by atoms with Crippen LogP contribution in [-0.4, -0.2) is 85.1 Å². The second kappa shape index (κ2) is 21.0. The van der Waals surface area contributed by atoms with Crippen molar-refractivity contribution in [2.45, 2.75) is 128 Å². The maximum absolute atomic E-state index is 13.2. The molecule has 0 N–H and O–H groups in total. The Labute approximate surface area is 350 Å². The van der Waals surface area contributed by atoms with Gasteiger partial charge in [0, 0.05) is 25.5 Å². The van der Waals surface area contributed by atoms with Gasteiger partial charge in [0.2, 0.25) is 0 Å². The lowest BCUT2D eigenvalue weighted by atomic mass is 9.55. The van der Waals surface area contributed by atoms with Crippen LogP contribution in [0.4, 0.5) is 44.3 Å². The largest absolute Gasteiger partial charge is 0.492 e. The number of benzene rings is 2. The van der Waals surface area contributed by atoms with Gasteiger partial charge in [0.15, 0.2) is 0 Å². The van der Waals surface area contributed by atoms with Crippen LogP contribution in [0.5, 0.6) is 11.5 Å². The van der Waals surface area contributed by atoms with Crippen LogP contribution in [0.15, 0.2) is 48.5 Å². The molecule has 59 heavy (non-hydrogen) atoms. The van der Waals surface area contributed by atoms with Crippen molar-refractivity contribution in [2.24, 2.45) is 17.3 Å². The number of rotatable bonds is 12. The van der Waals surface area contributed by atoms with E-state index in [0.717, 1.165) is 55.8 Å². The standard InChI is InChI=1S/C38H44F9NO5S2.2C2H6/c1-34-16-14-29-28-11-9-27(50-20-17-48(25-15-21-54-55-23-25)33(49)53-26-6-3-2-4-7-26)22-24(28)8-10-30(29)31(34)12-13-32(34)51-18-5-19-52-35(36(39,40)41,37(42,43)44)38(45,46)47;2*1-2/h2-4,6-7,9,11,22,25,29-32H,5,8,10,12-21,23H2,1H3;2*1-2H3/t25-,29+,30+,31-,32-,34-;;/m0../s1/i;1D;. The van der Waals surface area contributed by atoms with Gasteiger partial charge in [-0.2, -0.15) is 39.5 Å². The number of para-hydroxylation sites is 1. The highest BCUT2D eigenvalue weighted by Gasteiger charge is 2.85. The van der Waals surface area contributed by atoms with Crippen LogP contribution in [0.2, 0.25) is 0 Å². The molecule has 1 heterocycles. The van der Waals surface area contributed by atoms with Gasteiger partial charge in [-0.1, -0.05) is 80.4 Å². The average molecular weight is 891 g/mol. The maximum Gasteiger partial charge on any atom is 0.435 e. The number of amides is 1. The first-order valence-corrected chi connectivity index (χ1v) is 22.6. The van der Waals surface area contributed by atoms with E-state index in [4.69, 9.17) is 15.6 Å². The van der Waals surface area contributed by atoms with Gasteiger partial charge in [-0.05, 0) is 110 Å². The zero-order chi connectivity index (χ0) is 44.4. The van der Waals surface area contributed by atoms with Crippen molar-refractivity contribution >= 4 is 27.7 Å². The summed E-state index contributed by atoms with van der Waals surface area (Å²) in [5.41, 5.74) is -4.09. The SMILES string of the molecule is CC.C[C@]12CC[C@@H]3c4ccc(OCCN(C(=O)Oc5ccccc5)[C@H]5CCSSC5)cc4CC[C@H]3[C@@H]1CC[C@@H]2OCCCOC(C(F)(F)F)(C(F)(F)F)C(F)(F)F.[2H]CC. The van der Waals surface area contributed by atoms with Crippen molar-refractivity contribution in [3.8, 4) is 11.5 Å². The second-order valence-corrected chi connectivity index (χ2v) is 17.5. The van der Waals surface area contributed by atoms with Crippen LogP contribution >= 0.6 is 21.6 Å². The van der Waals surface area contributed by atoms with Crippen molar-refractivity contribution in [3.63, 3.8) is 0 Å². The summed E-state index contributed by atoms with van der Waals surface area (Å²) in [5, 5.41) is 0. The molecule has 3 fully saturated rings. The first-order valence-electron chi connectivity index (χ1n) is 20.9. The fourth-order valence-electron chi connectivity index (χ4n) is 9.14. The number of aryl methyl sites for hydroxylation is 1. The molecule has 1 aliphatic heterocycles. The molecular formula is C42H56F9NO5S2.